The van der Waals surface area contributed by atoms with Crippen molar-refractivity contribution in [2.45, 2.75) is 13.8 Å². The first kappa shape index (κ1) is 21.8. The Hall–Kier alpha value is -1.40. The van der Waals surface area contributed by atoms with Crippen LogP contribution < -0.4 is 20.0 Å². The first-order chi connectivity index (χ1) is 8.17. The van der Waals surface area contributed by atoms with Crippen LogP contribution >= 0.6 is 0 Å². The summed E-state index contributed by atoms with van der Waals surface area (Å²) in [5.41, 5.74) is 0. The zero-order valence-corrected chi connectivity index (χ0v) is 12.2. The number of carbonyl (C=O) groups excluding carboxylic acids is 2. The Balaban J connectivity index is -0.000000197. The van der Waals surface area contributed by atoms with Gasteiger partial charge in [-0.2, -0.15) is 0 Å². The maximum absolute atomic E-state index is 9.41. The number of carboxylic acid groups (broad SMARTS) is 2. The molecular formula is C12H26N2O4. The van der Waals surface area contributed by atoms with Crippen molar-refractivity contribution in [3.05, 3.63) is 12.2 Å². The van der Waals surface area contributed by atoms with Crippen molar-refractivity contribution in [3.8, 4) is 0 Å². The van der Waals surface area contributed by atoms with E-state index in [0.717, 1.165) is 0 Å². The fourth-order valence-corrected chi connectivity index (χ4v) is 0.136. The molecule has 18 heavy (non-hydrogen) atoms. The van der Waals surface area contributed by atoms with Gasteiger partial charge in [0, 0.05) is 0 Å². The molecule has 6 heteroatoms. The van der Waals surface area contributed by atoms with Gasteiger partial charge in [-0.15, -0.1) is 0 Å². The van der Waals surface area contributed by atoms with Gasteiger partial charge >= 0.3 is 0 Å². The third-order valence-electron chi connectivity index (χ3n) is 1.77. The van der Waals surface area contributed by atoms with Crippen LogP contribution in [0.4, 0.5) is 0 Å². The van der Waals surface area contributed by atoms with Crippen molar-refractivity contribution < 1.29 is 29.6 Å². The number of hydrogen-bond donors (Lipinski definition) is 2. The van der Waals surface area contributed by atoms with Crippen molar-refractivity contribution in [2.75, 3.05) is 41.3 Å². The van der Waals surface area contributed by atoms with Gasteiger partial charge in [-0.25, -0.2) is 0 Å². The van der Waals surface area contributed by atoms with Crippen molar-refractivity contribution in [3.63, 3.8) is 0 Å². The van der Waals surface area contributed by atoms with Crippen LogP contribution in [0.25, 0.3) is 0 Å². The molecule has 0 aliphatic rings. The molecule has 2 N–H and O–H groups in total. The molecule has 0 amide bonds. The molecule has 0 aromatic rings. The second-order valence-electron chi connectivity index (χ2n) is 4.09. The molecular weight excluding hydrogens is 236 g/mol. The molecule has 0 aliphatic heterocycles. The average molecular weight is 262 g/mol. The summed E-state index contributed by atoms with van der Waals surface area (Å²) < 4.78 is 0. The minimum atomic E-state index is -1.55. The summed E-state index contributed by atoms with van der Waals surface area (Å²) in [7, 11) is 8.56. The van der Waals surface area contributed by atoms with Gasteiger partial charge in [-0.1, -0.05) is 0 Å². The van der Waals surface area contributed by atoms with E-state index < -0.39 is 11.9 Å². The summed E-state index contributed by atoms with van der Waals surface area (Å²) in [4.78, 5) is 21.8. The zero-order chi connectivity index (χ0) is 15.1. The molecule has 0 saturated carbocycles. The van der Waals surface area contributed by atoms with Gasteiger partial charge in [0.15, 0.2) is 0 Å². The Morgan fingerprint density at radius 2 is 1.00 bits per heavy atom. The normalized spacial score (nSPS) is 9.56. The second-order valence-corrected chi connectivity index (χ2v) is 4.09. The molecule has 0 aromatic heterocycles. The Morgan fingerprint density at radius 1 is 0.833 bits per heavy atom. The van der Waals surface area contributed by atoms with Gasteiger partial charge in [0.1, 0.15) is 0 Å². The lowest BCUT2D eigenvalue weighted by atomic mass is 10.5. The van der Waals surface area contributed by atoms with E-state index in [9.17, 15) is 19.8 Å². The minimum absolute atomic E-state index is 0.384. The SMILES string of the molecule is CC[NH+](C)C.CC[NH+](C)C.O=C([O-])/C=C\C(=O)[O-]. The van der Waals surface area contributed by atoms with E-state index in [1.165, 1.54) is 22.9 Å². The van der Waals surface area contributed by atoms with E-state index in [1.807, 2.05) is 0 Å². The molecule has 108 valence electrons. The minimum Gasteiger partial charge on any atom is -0.545 e. The van der Waals surface area contributed by atoms with Crippen molar-refractivity contribution in [1.29, 1.82) is 0 Å². The number of quaternary nitrogens is 2. The zero-order valence-electron chi connectivity index (χ0n) is 12.2. The highest BCUT2D eigenvalue weighted by Gasteiger charge is 1.76. The van der Waals surface area contributed by atoms with E-state index >= 15 is 0 Å². The standard InChI is InChI=1S/2C4H11N.C4H4O4/c2*1-4-5(2)3;5-3(6)1-2-4(7)8/h2*4H2,1-3H3;1-2H,(H,5,6)(H,7,8)/b;;2-1-. The van der Waals surface area contributed by atoms with Gasteiger partial charge in [0.2, 0.25) is 0 Å². The van der Waals surface area contributed by atoms with Crippen LogP contribution in [0.15, 0.2) is 12.2 Å². The average Bonchev–Trinajstić information content (AvgIpc) is 2.27. The number of hydrogen-bond acceptors (Lipinski definition) is 4. The molecule has 0 atom stereocenters. The van der Waals surface area contributed by atoms with Gasteiger partial charge in [-0.05, 0) is 26.0 Å². The molecule has 0 rings (SSSR count). The summed E-state index contributed by atoms with van der Waals surface area (Å²) in [6, 6.07) is 0. The van der Waals surface area contributed by atoms with Crippen molar-refractivity contribution >= 4 is 11.9 Å². The molecule has 0 heterocycles. The van der Waals surface area contributed by atoms with E-state index in [4.69, 9.17) is 0 Å². The fraction of sp³-hybridized carbons (Fsp3) is 0.667. The van der Waals surface area contributed by atoms with Crippen molar-refractivity contribution in [2.24, 2.45) is 0 Å². The molecule has 0 aliphatic carbocycles. The number of carbonyl (C=O) groups is 2. The van der Waals surface area contributed by atoms with Gasteiger partial charge in [-0.3, -0.25) is 0 Å². The summed E-state index contributed by atoms with van der Waals surface area (Å²) in [6.45, 7) is 6.77. The molecule has 0 radical (unpaired) electrons. The van der Waals surface area contributed by atoms with Crippen molar-refractivity contribution in [1.82, 2.24) is 0 Å². The van der Waals surface area contributed by atoms with Crippen LogP contribution in [0.3, 0.4) is 0 Å². The Labute approximate surface area is 110 Å². The predicted molar refractivity (Wildman–Crippen MR) is 65.9 cm³/mol. The molecule has 0 aromatic carbocycles. The quantitative estimate of drug-likeness (QED) is 0.499. The molecule has 6 nitrogen and oxygen atoms in total. The number of rotatable bonds is 4. The van der Waals surface area contributed by atoms with E-state index in [1.54, 1.807) is 0 Å². The monoisotopic (exact) mass is 262 g/mol. The predicted octanol–water partition coefficient (Wildman–Crippen LogP) is -4.66. The molecule has 0 unspecified atom stereocenters. The van der Waals surface area contributed by atoms with E-state index in [2.05, 4.69) is 42.0 Å². The van der Waals surface area contributed by atoms with E-state index in [0.29, 0.717) is 12.2 Å². The van der Waals surface area contributed by atoms with Gasteiger partial charge in [0.05, 0.1) is 53.2 Å². The van der Waals surface area contributed by atoms with Gasteiger partial charge in [0.25, 0.3) is 0 Å². The number of aliphatic carboxylic acids is 2. The van der Waals surface area contributed by atoms with E-state index in [-0.39, 0.29) is 0 Å². The summed E-state index contributed by atoms with van der Waals surface area (Å²) in [6.07, 6.45) is 0.769. The Morgan fingerprint density at radius 3 is 1.06 bits per heavy atom. The molecule has 0 fully saturated rings. The lowest BCUT2D eigenvalue weighted by Crippen LogP contribution is -3.05. The Bertz CT molecular complexity index is 214. The smallest absolute Gasteiger partial charge is 0.0738 e. The first-order valence-electron chi connectivity index (χ1n) is 5.85. The third-order valence-corrected chi connectivity index (χ3v) is 1.77. The highest BCUT2D eigenvalue weighted by molar-refractivity contribution is 5.87. The highest BCUT2D eigenvalue weighted by Crippen LogP contribution is 1.64. The fourth-order valence-electron chi connectivity index (χ4n) is 0.136. The molecule has 0 saturated heterocycles. The largest absolute Gasteiger partial charge is 0.545 e. The topological polar surface area (TPSA) is 89.1 Å². The van der Waals surface area contributed by atoms with Crippen LogP contribution in [0.1, 0.15) is 13.8 Å². The number of nitrogens with one attached hydrogen (secondary N) is 2. The van der Waals surface area contributed by atoms with Crippen LogP contribution in [-0.2, 0) is 9.59 Å². The van der Waals surface area contributed by atoms with Crippen LogP contribution in [0.5, 0.6) is 0 Å². The molecule has 0 spiro atoms. The lowest BCUT2D eigenvalue weighted by molar-refractivity contribution is -0.856. The summed E-state index contributed by atoms with van der Waals surface area (Å²) in [5.74, 6) is -3.09. The van der Waals surface area contributed by atoms with Crippen LogP contribution in [0, 0.1) is 0 Å². The van der Waals surface area contributed by atoms with Gasteiger partial charge < -0.3 is 29.6 Å². The molecule has 0 bridgehead atoms. The van der Waals surface area contributed by atoms with Crippen LogP contribution in [-0.4, -0.2) is 53.2 Å². The maximum atomic E-state index is 9.41. The lowest BCUT2D eigenvalue weighted by Gasteiger charge is -1.97. The highest BCUT2D eigenvalue weighted by atomic mass is 16.4. The number of carboxylic acids is 2. The Kier molecular flexibility index (Phi) is 18.9. The first-order valence-corrected chi connectivity index (χ1v) is 5.85. The second kappa shape index (κ2) is 15.6. The third kappa shape index (κ3) is 46.8. The summed E-state index contributed by atoms with van der Waals surface area (Å²) in [5, 5.41) is 18.8. The summed E-state index contributed by atoms with van der Waals surface area (Å²) >= 11 is 0. The van der Waals surface area contributed by atoms with Crippen LogP contribution in [0.2, 0.25) is 0 Å². The maximum Gasteiger partial charge on any atom is 0.0738 e.